The van der Waals surface area contributed by atoms with Gasteiger partial charge in [-0.2, -0.15) is 0 Å². The number of hydrogen-bond donors (Lipinski definition) is 1. The highest BCUT2D eigenvalue weighted by molar-refractivity contribution is 9.10. The van der Waals surface area contributed by atoms with Crippen LogP contribution in [0.3, 0.4) is 0 Å². The van der Waals surface area contributed by atoms with Crippen molar-refractivity contribution in [1.29, 1.82) is 0 Å². The summed E-state index contributed by atoms with van der Waals surface area (Å²) in [6, 6.07) is 12.7. The van der Waals surface area contributed by atoms with Gasteiger partial charge in [-0.1, -0.05) is 35.9 Å². The van der Waals surface area contributed by atoms with E-state index in [9.17, 15) is 4.79 Å². The molecule has 0 fully saturated rings. The van der Waals surface area contributed by atoms with E-state index < -0.39 is 0 Å². The van der Waals surface area contributed by atoms with Crippen molar-refractivity contribution in [1.82, 2.24) is 0 Å². The summed E-state index contributed by atoms with van der Waals surface area (Å²) in [5.41, 5.74) is 2.22. The highest BCUT2D eigenvalue weighted by Gasteiger charge is 2.12. The number of amides is 1. The fourth-order valence-corrected chi connectivity index (χ4v) is 2.20. The van der Waals surface area contributed by atoms with Crippen LogP contribution in [0.15, 0.2) is 46.9 Å². The molecule has 0 bridgehead atoms. The highest BCUT2D eigenvalue weighted by atomic mass is 79.9. The van der Waals surface area contributed by atoms with E-state index in [-0.39, 0.29) is 5.91 Å². The Morgan fingerprint density at radius 1 is 1.17 bits per heavy atom. The third-order valence-corrected chi connectivity index (χ3v) is 3.94. The average Bonchev–Trinajstić information content (AvgIpc) is 2.35. The summed E-state index contributed by atoms with van der Waals surface area (Å²) in [4.78, 5) is 12.1. The minimum Gasteiger partial charge on any atom is -0.321 e. The Morgan fingerprint density at radius 2 is 1.89 bits per heavy atom. The molecule has 0 spiro atoms. The molecule has 92 valence electrons. The number of halogens is 2. The fraction of sp³-hybridized carbons (Fsp3) is 0.0714. The Balaban J connectivity index is 2.28. The van der Waals surface area contributed by atoms with E-state index >= 15 is 0 Å². The predicted molar refractivity (Wildman–Crippen MR) is 78.3 cm³/mol. The van der Waals surface area contributed by atoms with Crippen LogP contribution in [0.25, 0.3) is 0 Å². The number of aryl methyl sites for hydroxylation is 1. The lowest BCUT2D eigenvalue weighted by Crippen LogP contribution is -2.13. The molecule has 2 rings (SSSR count). The molecule has 2 aromatic rings. The van der Waals surface area contributed by atoms with Gasteiger partial charge in [-0.15, -0.1) is 0 Å². The van der Waals surface area contributed by atoms with Crippen molar-refractivity contribution < 1.29 is 4.79 Å². The minimum absolute atomic E-state index is 0.182. The second-order valence-electron chi connectivity index (χ2n) is 3.87. The molecule has 0 atom stereocenters. The first-order valence-electron chi connectivity index (χ1n) is 5.40. The van der Waals surface area contributed by atoms with Crippen molar-refractivity contribution in [3.05, 3.63) is 63.1 Å². The number of nitrogens with one attached hydrogen (secondary N) is 1. The van der Waals surface area contributed by atoms with Crippen LogP contribution in [0.4, 0.5) is 5.69 Å². The molecule has 0 radical (unpaired) electrons. The Labute approximate surface area is 119 Å². The number of hydrogen-bond acceptors (Lipinski definition) is 1. The summed E-state index contributed by atoms with van der Waals surface area (Å²) in [5, 5.41) is 3.32. The SMILES string of the molecule is Cc1cccc(C(=O)Nc2ccccc2Cl)c1Br. The number of carbonyl (C=O) groups excluding carboxylic acids is 1. The second kappa shape index (κ2) is 5.55. The average molecular weight is 325 g/mol. The lowest BCUT2D eigenvalue weighted by atomic mass is 10.1. The lowest BCUT2D eigenvalue weighted by molar-refractivity contribution is 0.102. The van der Waals surface area contributed by atoms with E-state index in [2.05, 4.69) is 21.2 Å². The molecule has 1 amide bonds. The number of para-hydroxylation sites is 1. The van der Waals surface area contributed by atoms with Crippen molar-refractivity contribution >= 4 is 39.1 Å². The lowest BCUT2D eigenvalue weighted by Gasteiger charge is -2.09. The maximum Gasteiger partial charge on any atom is 0.256 e. The van der Waals surface area contributed by atoms with Crippen LogP contribution in [0, 0.1) is 6.92 Å². The van der Waals surface area contributed by atoms with Gasteiger partial charge in [-0.25, -0.2) is 0 Å². The van der Waals surface area contributed by atoms with E-state index in [4.69, 9.17) is 11.6 Å². The van der Waals surface area contributed by atoms with Gasteiger partial charge in [-0.3, -0.25) is 4.79 Å². The molecular formula is C14H11BrClNO. The zero-order valence-corrected chi connectivity index (χ0v) is 12.0. The van der Waals surface area contributed by atoms with Crippen LogP contribution in [0.2, 0.25) is 5.02 Å². The fourth-order valence-electron chi connectivity index (χ4n) is 1.58. The topological polar surface area (TPSA) is 29.1 Å². The van der Waals surface area contributed by atoms with Crippen molar-refractivity contribution in [2.75, 3.05) is 5.32 Å². The van der Waals surface area contributed by atoms with E-state index in [1.807, 2.05) is 31.2 Å². The second-order valence-corrected chi connectivity index (χ2v) is 5.07. The smallest absolute Gasteiger partial charge is 0.256 e. The number of rotatable bonds is 2. The minimum atomic E-state index is -0.182. The van der Waals surface area contributed by atoms with Crippen LogP contribution in [-0.4, -0.2) is 5.91 Å². The molecule has 2 nitrogen and oxygen atoms in total. The Morgan fingerprint density at radius 3 is 2.61 bits per heavy atom. The summed E-state index contributed by atoms with van der Waals surface area (Å²) < 4.78 is 0.801. The summed E-state index contributed by atoms with van der Waals surface area (Å²) in [6.07, 6.45) is 0. The Hall–Kier alpha value is -1.32. The third-order valence-electron chi connectivity index (χ3n) is 2.56. The first-order chi connectivity index (χ1) is 8.59. The summed E-state index contributed by atoms with van der Waals surface area (Å²) in [5.74, 6) is -0.182. The molecule has 2 aromatic carbocycles. The molecular weight excluding hydrogens is 314 g/mol. The Kier molecular flexibility index (Phi) is 4.04. The molecule has 0 unspecified atom stereocenters. The monoisotopic (exact) mass is 323 g/mol. The zero-order valence-electron chi connectivity index (χ0n) is 9.71. The van der Waals surface area contributed by atoms with Gasteiger partial charge in [0.2, 0.25) is 0 Å². The van der Waals surface area contributed by atoms with Crippen LogP contribution in [0.5, 0.6) is 0 Å². The third kappa shape index (κ3) is 2.74. The number of carbonyl (C=O) groups is 1. The largest absolute Gasteiger partial charge is 0.321 e. The van der Waals surface area contributed by atoms with Gasteiger partial charge in [0.1, 0.15) is 0 Å². The number of benzene rings is 2. The van der Waals surface area contributed by atoms with Crippen LogP contribution < -0.4 is 5.32 Å². The molecule has 18 heavy (non-hydrogen) atoms. The summed E-state index contributed by atoms with van der Waals surface area (Å²) in [6.45, 7) is 1.94. The van der Waals surface area contributed by atoms with Gasteiger partial charge in [-0.05, 0) is 46.6 Å². The predicted octanol–water partition coefficient (Wildman–Crippen LogP) is 4.66. The molecule has 0 saturated heterocycles. The normalized spacial score (nSPS) is 10.2. The summed E-state index contributed by atoms with van der Waals surface area (Å²) in [7, 11) is 0. The molecule has 0 aliphatic rings. The molecule has 0 aromatic heterocycles. The van der Waals surface area contributed by atoms with Crippen LogP contribution in [0.1, 0.15) is 15.9 Å². The van der Waals surface area contributed by atoms with Crippen LogP contribution >= 0.6 is 27.5 Å². The van der Waals surface area contributed by atoms with Gasteiger partial charge in [0.05, 0.1) is 16.3 Å². The van der Waals surface area contributed by atoms with E-state index in [1.54, 1.807) is 18.2 Å². The van der Waals surface area contributed by atoms with Gasteiger partial charge in [0, 0.05) is 4.47 Å². The van der Waals surface area contributed by atoms with Crippen LogP contribution in [-0.2, 0) is 0 Å². The zero-order chi connectivity index (χ0) is 13.1. The van der Waals surface area contributed by atoms with Gasteiger partial charge < -0.3 is 5.32 Å². The molecule has 0 aliphatic carbocycles. The van der Waals surface area contributed by atoms with Gasteiger partial charge in [0.25, 0.3) is 5.91 Å². The van der Waals surface area contributed by atoms with Crippen molar-refractivity contribution in [2.24, 2.45) is 0 Å². The Bertz CT molecular complexity index is 598. The van der Waals surface area contributed by atoms with E-state index in [0.717, 1.165) is 10.0 Å². The molecule has 0 saturated carbocycles. The molecule has 4 heteroatoms. The molecule has 0 aliphatic heterocycles. The first kappa shape index (κ1) is 13.1. The maximum absolute atomic E-state index is 12.1. The van der Waals surface area contributed by atoms with Gasteiger partial charge in [0.15, 0.2) is 0 Å². The van der Waals surface area contributed by atoms with E-state index in [0.29, 0.717) is 16.3 Å². The quantitative estimate of drug-likeness (QED) is 0.855. The highest BCUT2D eigenvalue weighted by Crippen LogP contribution is 2.24. The standard InChI is InChI=1S/C14H11BrClNO/c1-9-5-4-6-10(13(9)15)14(18)17-12-8-3-2-7-11(12)16/h2-8H,1H3,(H,17,18). The molecule has 0 heterocycles. The maximum atomic E-state index is 12.1. The van der Waals surface area contributed by atoms with Crippen molar-refractivity contribution in [3.8, 4) is 0 Å². The van der Waals surface area contributed by atoms with Crippen molar-refractivity contribution in [2.45, 2.75) is 6.92 Å². The van der Waals surface area contributed by atoms with E-state index in [1.165, 1.54) is 0 Å². The number of anilines is 1. The first-order valence-corrected chi connectivity index (χ1v) is 6.57. The summed E-state index contributed by atoms with van der Waals surface area (Å²) >= 11 is 9.42. The molecule has 1 N–H and O–H groups in total. The van der Waals surface area contributed by atoms with Crippen molar-refractivity contribution in [3.63, 3.8) is 0 Å². The van der Waals surface area contributed by atoms with Gasteiger partial charge >= 0.3 is 0 Å².